The molecule has 3 atom stereocenters. The number of hydrogen-bond acceptors (Lipinski definition) is 5. The summed E-state index contributed by atoms with van der Waals surface area (Å²) in [7, 11) is 0. The molecule has 0 unspecified atom stereocenters. The van der Waals surface area contributed by atoms with Crippen molar-refractivity contribution in [2.45, 2.75) is 44.6 Å². The topological polar surface area (TPSA) is 65.0 Å². The van der Waals surface area contributed by atoms with Crippen LogP contribution in [0.5, 0.6) is 0 Å². The molecule has 0 saturated heterocycles. The number of benzene rings is 3. The first-order valence-corrected chi connectivity index (χ1v) is 10.8. The van der Waals surface area contributed by atoms with E-state index in [1.807, 2.05) is 91.0 Å². The largest absolute Gasteiger partial charge is 0.394 e. The van der Waals surface area contributed by atoms with Crippen LogP contribution in [0.25, 0.3) is 0 Å². The fourth-order valence-corrected chi connectivity index (χ4v) is 3.42. The van der Waals surface area contributed by atoms with E-state index in [0.717, 1.165) is 23.0 Å². The van der Waals surface area contributed by atoms with E-state index in [2.05, 4.69) is 0 Å². The molecule has 0 saturated carbocycles. The number of hydrogen-bond donors (Lipinski definition) is 1. The molecular weight excluding hydrogens is 404 g/mol. The maximum absolute atomic E-state index is 11.5. The summed E-state index contributed by atoms with van der Waals surface area (Å²) in [6, 6.07) is 29.3. The van der Waals surface area contributed by atoms with Crippen LogP contribution in [0, 0.1) is 0 Å². The molecule has 0 heterocycles. The number of carbonyl (C=O) groups excluding carboxylic acids is 1. The Morgan fingerprint density at radius 1 is 0.625 bits per heavy atom. The molecule has 5 heteroatoms. The van der Waals surface area contributed by atoms with Crippen LogP contribution in [0.4, 0.5) is 0 Å². The molecule has 1 N–H and O–H groups in total. The van der Waals surface area contributed by atoms with Gasteiger partial charge in [0.2, 0.25) is 0 Å². The van der Waals surface area contributed by atoms with Gasteiger partial charge in [-0.2, -0.15) is 0 Å². The lowest BCUT2D eigenvalue weighted by atomic mass is 10.0. The minimum absolute atomic E-state index is 0.136. The quantitative estimate of drug-likeness (QED) is 0.383. The van der Waals surface area contributed by atoms with Crippen LogP contribution in [-0.4, -0.2) is 36.3 Å². The van der Waals surface area contributed by atoms with Crippen molar-refractivity contribution < 1.29 is 24.1 Å². The van der Waals surface area contributed by atoms with Gasteiger partial charge in [0.15, 0.2) is 0 Å². The Bertz CT molecular complexity index is 886. The van der Waals surface area contributed by atoms with Gasteiger partial charge in [-0.25, -0.2) is 0 Å². The summed E-state index contributed by atoms with van der Waals surface area (Å²) in [4.78, 5) is 11.5. The maximum Gasteiger partial charge on any atom is 0.122 e. The summed E-state index contributed by atoms with van der Waals surface area (Å²) in [5.41, 5.74) is 2.98. The monoisotopic (exact) mass is 434 g/mol. The van der Waals surface area contributed by atoms with Crippen LogP contribution in [0.15, 0.2) is 91.0 Å². The summed E-state index contributed by atoms with van der Waals surface area (Å²) in [5.74, 6) is 0. The molecule has 3 rings (SSSR count). The molecule has 0 spiro atoms. The van der Waals surface area contributed by atoms with Crippen molar-refractivity contribution in [1.82, 2.24) is 0 Å². The minimum Gasteiger partial charge on any atom is -0.394 e. The van der Waals surface area contributed by atoms with E-state index in [1.165, 1.54) is 0 Å². The fourth-order valence-electron chi connectivity index (χ4n) is 3.42. The molecule has 0 aliphatic heterocycles. The van der Waals surface area contributed by atoms with Crippen LogP contribution in [0.1, 0.15) is 23.1 Å². The molecule has 5 nitrogen and oxygen atoms in total. The molecule has 0 bridgehead atoms. The summed E-state index contributed by atoms with van der Waals surface area (Å²) < 4.78 is 18.3. The predicted octanol–water partition coefficient (Wildman–Crippen LogP) is 4.32. The van der Waals surface area contributed by atoms with E-state index in [9.17, 15) is 9.90 Å². The van der Waals surface area contributed by atoms with E-state index in [1.54, 1.807) is 0 Å². The summed E-state index contributed by atoms with van der Waals surface area (Å²) in [5, 5.41) is 10.1. The van der Waals surface area contributed by atoms with Gasteiger partial charge in [-0.15, -0.1) is 0 Å². The van der Waals surface area contributed by atoms with E-state index >= 15 is 0 Å². The normalized spacial score (nSPS) is 13.9. The Hall–Kier alpha value is -2.83. The first-order valence-electron chi connectivity index (χ1n) is 10.8. The SMILES string of the molecule is O=CC[C@H](OCc1ccccc1)[C@@H](OCc1ccccc1)[C@H](CO)OCc1ccccc1. The number of aliphatic hydroxyl groups excluding tert-OH is 1. The molecule has 168 valence electrons. The Balaban J connectivity index is 1.74. The van der Waals surface area contributed by atoms with Crippen LogP contribution in [-0.2, 0) is 38.8 Å². The third-order valence-electron chi connectivity index (χ3n) is 5.14. The lowest BCUT2D eigenvalue weighted by molar-refractivity contribution is -0.163. The highest BCUT2D eigenvalue weighted by atomic mass is 16.6. The lowest BCUT2D eigenvalue weighted by Gasteiger charge is -2.32. The molecule has 0 radical (unpaired) electrons. The van der Waals surface area contributed by atoms with Crippen LogP contribution in [0.2, 0.25) is 0 Å². The average molecular weight is 435 g/mol. The van der Waals surface area contributed by atoms with Gasteiger partial charge >= 0.3 is 0 Å². The van der Waals surface area contributed by atoms with Gasteiger partial charge in [0, 0.05) is 6.42 Å². The van der Waals surface area contributed by atoms with Crippen LogP contribution < -0.4 is 0 Å². The lowest BCUT2D eigenvalue weighted by Crippen LogP contribution is -2.44. The van der Waals surface area contributed by atoms with Gasteiger partial charge in [-0.3, -0.25) is 0 Å². The van der Waals surface area contributed by atoms with Gasteiger partial charge in [-0.1, -0.05) is 91.0 Å². The molecule has 0 aliphatic carbocycles. The molecule has 3 aromatic rings. The fraction of sp³-hybridized carbons (Fsp3) is 0.296. The number of carbonyl (C=O) groups is 1. The second kappa shape index (κ2) is 13.6. The predicted molar refractivity (Wildman–Crippen MR) is 123 cm³/mol. The first-order chi connectivity index (χ1) is 15.8. The molecule has 3 aromatic carbocycles. The third-order valence-corrected chi connectivity index (χ3v) is 5.14. The Kier molecular flexibility index (Phi) is 10.1. The smallest absolute Gasteiger partial charge is 0.122 e. The van der Waals surface area contributed by atoms with Gasteiger partial charge in [0.05, 0.1) is 32.5 Å². The highest BCUT2D eigenvalue weighted by Gasteiger charge is 2.32. The van der Waals surface area contributed by atoms with Gasteiger partial charge in [0.1, 0.15) is 18.5 Å². The van der Waals surface area contributed by atoms with E-state index in [-0.39, 0.29) is 13.0 Å². The van der Waals surface area contributed by atoms with Gasteiger partial charge in [0.25, 0.3) is 0 Å². The maximum atomic E-state index is 11.5. The average Bonchev–Trinajstić information content (AvgIpc) is 2.86. The van der Waals surface area contributed by atoms with Crippen molar-refractivity contribution in [2.24, 2.45) is 0 Å². The zero-order valence-electron chi connectivity index (χ0n) is 18.1. The Morgan fingerprint density at radius 2 is 1.03 bits per heavy atom. The highest BCUT2D eigenvalue weighted by molar-refractivity contribution is 5.50. The van der Waals surface area contributed by atoms with Gasteiger partial charge < -0.3 is 24.1 Å². The van der Waals surface area contributed by atoms with Crippen molar-refractivity contribution in [3.63, 3.8) is 0 Å². The highest BCUT2D eigenvalue weighted by Crippen LogP contribution is 2.20. The first kappa shape index (κ1) is 23.8. The summed E-state index contributed by atoms with van der Waals surface area (Å²) in [6.07, 6.45) is -0.890. The molecule has 0 aliphatic rings. The third kappa shape index (κ3) is 7.70. The molecule has 32 heavy (non-hydrogen) atoms. The van der Waals surface area contributed by atoms with Crippen molar-refractivity contribution in [3.05, 3.63) is 108 Å². The number of ether oxygens (including phenoxy) is 3. The molecule has 0 amide bonds. The Morgan fingerprint density at radius 3 is 1.44 bits per heavy atom. The van der Waals surface area contributed by atoms with Crippen molar-refractivity contribution in [3.8, 4) is 0 Å². The van der Waals surface area contributed by atoms with Crippen molar-refractivity contribution >= 4 is 6.29 Å². The number of aliphatic hydroxyl groups is 1. The summed E-state index contributed by atoms with van der Waals surface area (Å²) in [6.45, 7) is 0.724. The van der Waals surface area contributed by atoms with Crippen molar-refractivity contribution in [1.29, 1.82) is 0 Å². The van der Waals surface area contributed by atoms with Crippen molar-refractivity contribution in [2.75, 3.05) is 6.61 Å². The second-order valence-electron chi connectivity index (χ2n) is 7.52. The molecule has 0 aromatic heterocycles. The number of rotatable bonds is 14. The zero-order chi connectivity index (χ0) is 22.4. The van der Waals surface area contributed by atoms with Crippen LogP contribution in [0.3, 0.4) is 0 Å². The zero-order valence-corrected chi connectivity index (χ0v) is 18.1. The summed E-state index contributed by atoms with van der Waals surface area (Å²) >= 11 is 0. The van der Waals surface area contributed by atoms with E-state index in [4.69, 9.17) is 14.2 Å². The molecule has 0 fully saturated rings. The number of aldehydes is 1. The standard InChI is InChI=1S/C27H30O5/c28-17-16-25(30-19-22-10-4-1-5-11-22)27(32-21-24-14-8-3-9-15-24)26(18-29)31-20-23-12-6-2-7-13-23/h1-15,17,25-27,29H,16,18-21H2/t25-,26-,27+/m0/s1. The minimum atomic E-state index is -0.653. The van der Waals surface area contributed by atoms with Crippen LogP contribution >= 0.6 is 0 Å². The van der Waals surface area contributed by atoms with E-state index in [0.29, 0.717) is 19.8 Å². The second-order valence-corrected chi connectivity index (χ2v) is 7.52. The van der Waals surface area contributed by atoms with E-state index < -0.39 is 18.3 Å². The molecular formula is C27H30O5. The van der Waals surface area contributed by atoms with Gasteiger partial charge in [-0.05, 0) is 16.7 Å². The Labute approximate surface area is 189 Å².